The SMILES string of the molecule is CCCCCCCCc1ccc(-c2noc([C@@H](N=C(N)N)C(C)C)n2)cc1.Cl. The van der Waals surface area contributed by atoms with Crippen molar-refractivity contribution >= 4 is 18.4 Å². The van der Waals surface area contributed by atoms with Crippen molar-refractivity contribution in [2.45, 2.75) is 71.8 Å². The van der Waals surface area contributed by atoms with E-state index in [9.17, 15) is 0 Å². The molecule has 0 amide bonds. The summed E-state index contributed by atoms with van der Waals surface area (Å²) >= 11 is 0. The first-order valence-electron chi connectivity index (χ1n) is 10.0. The van der Waals surface area contributed by atoms with Gasteiger partial charge >= 0.3 is 0 Å². The highest BCUT2D eigenvalue weighted by Crippen LogP contribution is 2.26. The molecule has 2 aromatic rings. The maximum absolute atomic E-state index is 5.51. The largest absolute Gasteiger partial charge is 0.370 e. The molecule has 0 spiro atoms. The Kier molecular flexibility index (Phi) is 10.6. The van der Waals surface area contributed by atoms with Gasteiger partial charge < -0.3 is 16.0 Å². The lowest BCUT2D eigenvalue weighted by atomic mass is 10.0. The molecule has 1 aromatic carbocycles. The first kappa shape index (κ1) is 24.0. The zero-order chi connectivity index (χ0) is 19.6. The molecule has 0 radical (unpaired) electrons. The van der Waals surface area contributed by atoms with Crippen molar-refractivity contribution in [3.8, 4) is 11.4 Å². The topological polar surface area (TPSA) is 103 Å². The average molecular weight is 408 g/mol. The lowest BCUT2D eigenvalue weighted by Crippen LogP contribution is -2.24. The van der Waals surface area contributed by atoms with Crippen LogP contribution in [0.15, 0.2) is 33.8 Å². The van der Waals surface area contributed by atoms with Crippen molar-refractivity contribution in [2.75, 3.05) is 0 Å². The first-order chi connectivity index (χ1) is 13.0. The Morgan fingerprint density at radius 3 is 2.29 bits per heavy atom. The number of unbranched alkanes of at least 4 members (excludes halogenated alkanes) is 5. The third kappa shape index (κ3) is 7.50. The maximum Gasteiger partial charge on any atom is 0.252 e. The Balaban J connectivity index is 0.00000392. The second kappa shape index (κ2) is 12.4. The predicted molar refractivity (Wildman–Crippen MR) is 117 cm³/mol. The molecule has 0 saturated carbocycles. The van der Waals surface area contributed by atoms with E-state index in [1.165, 1.54) is 44.1 Å². The molecule has 0 aliphatic carbocycles. The molecule has 0 saturated heterocycles. The van der Waals surface area contributed by atoms with Crippen molar-refractivity contribution in [1.29, 1.82) is 0 Å². The van der Waals surface area contributed by atoms with Crippen LogP contribution in [-0.4, -0.2) is 16.1 Å². The molecule has 0 fully saturated rings. The third-order valence-electron chi connectivity index (χ3n) is 4.65. The van der Waals surface area contributed by atoms with Gasteiger partial charge in [0, 0.05) is 5.56 Å². The van der Waals surface area contributed by atoms with E-state index in [1.54, 1.807) is 0 Å². The van der Waals surface area contributed by atoms with Gasteiger partial charge in [0.15, 0.2) is 5.96 Å². The van der Waals surface area contributed by atoms with E-state index in [4.69, 9.17) is 16.0 Å². The van der Waals surface area contributed by atoms with Crippen LogP contribution in [-0.2, 0) is 6.42 Å². The minimum Gasteiger partial charge on any atom is -0.370 e. The number of aryl methyl sites for hydroxylation is 1. The molecule has 0 unspecified atom stereocenters. The monoisotopic (exact) mass is 407 g/mol. The van der Waals surface area contributed by atoms with Crippen LogP contribution in [0.25, 0.3) is 11.4 Å². The highest BCUT2D eigenvalue weighted by Gasteiger charge is 2.22. The molecule has 4 N–H and O–H groups in total. The van der Waals surface area contributed by atoms with Crippen molar-refractivity contribution in [1.82, 2.24) is 10.1 Å². The van der Waals surface area contributed by atoms with Gasteiger partial charge in [0.2, 0.25) is 5.82 Å². The highest BCUT2D eigenvalue weighted by molar-refractivity contribution is 5.85. The molecule has 7 heteroatoms. The summed E-state index contributed by atoms with van der Waals surface area (Å²) in [5.41, 5.74) is 13.3. The molecular weight excluding hydrogens is 374 g/mol. The number of halogens is 1. The van der Waals surface area contributed by atoms with Crippen LogP contribution in [0.4, 0.5) is 0 Å². The Bertz CT molecular complexity index is 708. The maximum atomic E-state index is 5.51. The molecule has 1 heterocycles. The van der Waals surface area contributed by atoms with Crippen molar-refractivity contribution in [3.63, 3.8) is 0 Å². The Morgan fingerprint density at radius 1 is 1.04 bits per heavy atom. The molecule has 0 aliphatic heterocycles. The standard InChI is InChI=1S/C21H33N5O.ClH/c1-4-5-6-7-8-9-10-16-11-13-17(14-12-16)19-25-20(27-26-19)18(15(2)3)24-21(22)23;/h11-15,18H,4-10H2,1-3H3,(H4,22,23,24);1H/t18-;/m0./s1. The molecule has 0 aliphatic rings. The van der Waals surface area contributed by atoms with Gasteiger partial charge in [-0.15, -0.1) is 12.4 Å². The van der Waals surface area contributed by atoms with Crippen LogP contribution in [0.3, 0.4) is 0 Å². The molecule has 156 valence electrons. The minimum absolute atomic E-state index is 0. The summed E-state index contributed by atoms with van der Waals surface area (Å²) < 4.78 is 5.41. The first-order valence-corrected chi connectivity index (χ1v) is 10.0. The van der Waals surface area contributed by atoms with Gasteiger partial charge in [0.05, 0.1) is 0 Å². The number of nitrogens with two attached hydrogens (primary N) is 2. The smallest absolute Gasteiger partial charge is 0.252 e. The fourth-order valence-corrected chi connectivity index (χ4v) is 3.05. The van der Waals surface area contributed by atoms with Gasteiger partial charge in [-0.25, -0.2) is 4.99 Å². The molecule has 1 atom stereocenters. The van der Waals surface area contributed by atoms with Crippen LogP contribution in [0.1, 0.15) is 76.8 Å². The number of benzene rings is 1. The Morgan fingerprint density at radius 2 is 1.68 bits per heavy atom. The second-order valence-corrected chi connectivity index (χ2v) is 7.41. The number of nitrogens with zero attached hydrogens (tertiary/aromatic N) is 3. The Labute approximate surface area is 174 Å². The lowest BCUT2D eigenvalue weighted by Gasteiger charge is -2.11. The second-order valence-electron chi connectivity index (χ2n) is 7.41. The van der Waals surface area contributed by atoms with Gasteiger partial charge in [-0.1, -0.05) is 82.3 Å². The fourth-order valence-electron chi connectivity index (χ4n) is 3.05. The van der Waals surface area contributed by atoms with E-state index in [0.717, 1.165) is 12.0 Å². The summed E-state index contributed by atoms with van der Waals surface area (Å²) in [6.45, 7) is 6.27. The molecule has 6 nitrogen and oxygen atoms in total. The summed E-state index contributed by atoms with van der Waals surface area (Å²) in [7, 11) is 0. The summed E-state index contributed by atoms with van der Waals surface area (Å²) in [4.78, 5) is 8.70. The van der Waals surface area contributed by atoms with Crippen LogP contribution in [0.2, 0.25) is 0 Å². The molecule has 1 aromatic heterocycles. The summed E-state index contributed by atoms with van der Waals surface area (Å²) in [6, 6.07) is 8.06. The summed E-state index contributed by atoms with van der Waals surface area (Å²) in [5.74, 6) is 1.17. The van der Waals surface area contributed by atoms with Gasteiger partial charge in [0.1, 0.15) is 6.04 Å². The van der Waals surface area contributed by atoms with Crippen LogP contribution >= 0.6 is 12.4 Å². The van der Waals surface area contributed by atoms with Gasteiger partial charge in [-0.05, 0) is 24.3 Å². The van der Waals surface area contributed by atoms with Gasteiger partial charge in [-0.3, -0.25) is 0 Å². The molecule has 28 heavy (non-hydrogen) atoms. The van der Waals surface area contributed by atoms with E-state index < -0.39 is 0 Å². The van der Waals surface area contributed by atoms with Gasteiger partial charge in [-0.2, -0.15) is 4.98 Å². The van der Waals surface area contributed by atoms with E-state index in [1.807, 2.05) is 26.0 Å². The molecular formula is C21H34ClN5O. The number of hydrogen-bond donors (Lipinski definition) is 2. The third-order valence-corrected chi connectivity index (χ3v) is 4.65. The number of guanidine groups is 1. The van der Waals surface area contributed by atoms with Crippen LogP contribution in [0.5, 0.6) is 0 Å². The quantitative estimate of drug-likeness (QED) is 0.308. The molecule has 2 rings (SSSR count). The minimum atomic E-state index is -0.330. The summed E-state index contributed by atoms with van der Waals surface area (Å²) in [6.07, 6.45) is 8.99. The van der Waals surface area contributed by atoms with E-state index in [2.05, 4.69) is 34.2 Å². The zero-order valence-corrected chi connectivity index (χ0v) is 18.0. The fraction of sp³-hybridized carbons (Fsp3) is 0.571. The van der Waals surface area contributed by atoms with E-state index in [-0.39, 0.29) is 30.3 Å². The van der Waals surface area contributed by atoms with Gasteiger partial charge in [0.25, 0.3) is 5.89 Å². The number of hydrogen-bond acceptors (Lipinski definition) is 4. The zero-order valence-electron chi connectivity index (χ0n) is 17.2. The van der Waals surface area contributed by atoms with E-state index >= 15 is 0 Å². The lowest BCUT2D eigenvalue weighted by molar-refractivity contribution is 0.326. The normalized spacial score (nSPS) is 11.9. The van der Waals surface area contributed by atoms with Crippen LogP contribution < -0.4 is 11.5 Å². The predicted octanol–water partition coefficient (Wildman–Crippen LogP) is 5.03. The van der Waals surface area contributed by atoms with Crippen molar-refractivity contribution < 1.29 is 4.52 Å². The Hall–Kier alpha value is -2.08. The van der Waals surface area contributed by atoms with Crippen molar-refractivity contribution in [2.24, 2.45) is 22.4 Å². The van der Waals surface area contributed by atoms with E-state index in [0.29, 0.717) is 11.7 Å². The van der Waals surface area contributed by atoms with Crippen LogP contribution in [0, 0.1) is 5.92 Å². The van der Waals surface area contributed by atoms with Crippen molar-refractivity contribution in [3.05, 3.63) is 35.7 Å². The average Bonchev–Trinajstić information content (AvgIpc) is 3.12. The number of aromatic nitrogens is 2. The highest BCUT2D eigenvalue weighted by atomic mass is 35.5. The number of aliphatic imine (C=N–C) groups is 1. The summed E-state index contributed by atoms with van der Waals surface area (Å²) in [5, 5.41) is 4.09. The number of rotatable bonds is 11. The molecule has 0 bridgehead atoms.